The highest BCUT2D eigenvalue weighted by Crippen LogP contribution is 2.13. The number of nitrogens with zero attached hydrogens (tertiary/aromatic N) is 1. The molecule has 0 saturated heterocycles. The van der Waals surface area contributed by atoms with Gasteiger partial charge in [0.1, 0.15) is 0 Å². The molecule has 1 atom stereocenters. The Bertz CT molecular complexity index is 533. The van der Waals surface area contributed by atoms with E-state index in [1.807, 2.05) is 18.2 Å². The highest BCUT2D eigenvalue weighted by atomic mass is 16.1. The van der Waals surface area contributed by atoms with Crippen molar-refractivity contribution in [2.45, 2.75) is 39.2 Å². The molecule has 1 unspecified atom stereocenters. The molecule has 18 heavy (non-hydrogen) atoms. The molecule has 0 spiro atoms. The zero-order valence-corrected chi connectivity index (χ0v) is 10.9. The van der Waals surface area contributed by atoms with E-state index in [0.717, 1.165) is 30.2 Å². The molecule has 4 nitrogen and oxygen atoms in total. The molecule has 1 heterocycles. The van der Waals surface area contributed by atoms with E-state index in [-0.39, 0.29) is 11.9 Å². The van der Waals surface area contributed by atoms with Gasteiger partial charge in [0.2, 0.25) is 0 Å². The maximum absolute atomic E-state index is 12.1. The van der Waals surface area contributed by atoms with Gasteiger partial charge in [-0.05, 0) is 25.0 Å². The first-order chi connectivity index (χ1) is 8.74. The third-order valence-corrected chi connectivity index (χ3v) is 3.17. The van der Waals surface area contributed by atoms with Crippen LogP contribution in [0.2, 0.25) is 0 Å². The number of H-pyrrole nitrogens is 1. The van der Waals surface area contributed by atoms with E-state index < -0.39 is 0 Å². The molecule has 1 aromatic carbocycles. The number of benzene rings is 1. The van der Waals surface area contributed by atoms with Crippen LogP contribution in [0.1, 0.15) is 43.5 Å². The Hall–Kier alpha value is -1.84. The van der Waals surface area contributed by atoms with Crippen LogP contribution < -0.4 is 5.32 Å². The first kappa shape index (κ1) is 12.6. The summed E-state index contributed by atoms with van der Waals surface area (Å²) in [6, 6.07) is 5.86. The summed E-state index contributed by atoms with van der Waals surface area (Å²) in [5, 5.41) is 10.9. The Morgan fingerprint density at radius 1 is 1.44 bits per heavy atom. The fourth-order valence-corrected chi connectivity index (χ4v) is 2.07. The third kappa shape index (κ3) is 2.70. The first-order valence-corrected chi connectivity index (χ1v) is 6.48. The number of hydrogen-bond acceptors (Lipinski definition) is 2. The number of aromatic amines is 1. The first-order valence-electron chi connectivity index (χ1n) is 6.48. The van der Waals surface area contributed by atoms with Crippen LogP contribution in [0.15, 0.2) is 24.4 Å². The highest BCUT2D eigenvalue weighted by Gasteiger charge is 2.12. The van der Waals surface area contributed by atoms with Crippen molar-refractivity contribution in [2.24, 2.45) is 0 Å². The largest absolute Gasteiger partial charge is 0.349 e. The number of hydrogen-bond donors (Lipinski definition) is 2. The second-order valence-electron chi connectivity index (χ2n) is 4.54. The van der Waals surface area contributed by atoms with Gasteiger partial charge in [0.05, 0.1) is 11.7 Å². The SMILES string of the molecule is CCCC(CC)NC(=O)c1ccc2cn[nH]c2c1. The molecule has 1 aromatic heterocycles. The van der Waals surface area contributed by atoms with Gasteiger partial charge in [0.15, 0.2) is 0 Å². The van der Waals surface area contributed by atoms with Crippen LogP contribution in [0.3, 0.4) is 0 Å². The molecule has 0 aliphatic heterocycles. The van der Waals surface area contributed by atoms with E-state index in [1.165, 1.54) is 0 Å². The summed E-state index contributed by atoms with van der Waals surface area (Å²) in [6.45, 7) is 4.23. The topological polar surface area (TPSA) is 57.8 Å². The lowest BCUT2D eigenvalue weighted by Gasteiger charge is -2.15. The van der Waals surface area contributed by atoms with Gasteiger partial charge < -0.3 is 5.32 Å². The molecule has 96 valence electrons. The van der Waals surface area contributed by atoms with Crippen LogP contribution in [-0.4, -0.2) is 22.1 Å². The van der Waals surface area contributed by atoms with Crippen molar-refractivity contribution in [3.05, 3.63) is 30.0 Å². The van der Waals surface area contributed by atoms with Crippen LogP contribution in [0, 0.1) is 0 Å². The van der Waals surface area contributed by atoms with Crippen molar-refractivity contribution in [3.8, 4) is 0 Å². The normalized spacial score (nSPS) is 12.6. The summed E-state index contributed by atoms with van der Waals surface area (Å²) in [5.41, 5.74) is 1.58. The lowest BCUT2D eigenvalue weighted by atomic mass is 10.1. The summed E-state index contributed by atoms with van der Waals surface area (Å²) >= 11 is 0. The number of rotatable bonds is 5. The predicted octanol–water partition coefficient (Wildman–Crippen LogP) is 2.87. The molecule has 0 fully saturated rings. The highest BCUT2D eigenvalue weighted by molar-refractivity contribution is 5.97. The van der Waals surface area contributed by atoms with Crippen LogP contribution in [0.5, 0.6) is 0 Å². The van der Waals surface area contributed by atoms with Gasteiger partial charge in [-0.3, -0.25) is 9.89 Å². The molecule has 0 radical (unpaired) electrons. The molecule has 2 rings (SSSR count). The van der Waals surface area contributed by atoms with Crippen LogP contribution in [0.4, 0.5) is 0 Å². The summed E-state index contributed by atoms with van der Waals surface area (Å²) in [6.07, 6.45) is 4.82. The number of fused-ring (bicyclic) bond motifs is 1. The Morgan fingerprint density at radius 2 is 2.28 bits per heavy atom. The lowest BCUT2D eigenvalue weighted by Crippen LogP contribution is -2.34. The van der Waals surface area contributed by atoms with Gasteiger partial charge in [-0.15, -0.1) is 0 Å². The molecule has 1 amide bonds. The standard InChI is InChI=1S/C14H19N3O/c1-3-5-12(4-2)16-14(18)10-6-7-11-9-15-17-13(11)8-10/h6-9,12H,3-5H2,1-2H3,(H,15,17)(H,16,18). The van der Waals surface area contributed by atoms with E-state index in [9.17, 15) is 4.79 Å². The summed E-state index contributed by atoms with van der Waals surface area (Å²) < 4.78 is 0. The van der Waals surface area contributed by atoms with Crippen molar-refractivity contribution in [3.63, 3.8) is 0 Å². The number of carbonyl (C=O) groups is 1. The molecule has 2 N–H and O–H groups in total. The zero-order valence-electron chi connectivity index (χ0n) is 10.9. The Balaban J connectivity index is 2.12. The average molecular weight is 245 g/mol. The average Bonchev–Trinajstić information content (AvgIpc) is 2.85. The number of nitrogens with one attached hydrogen (secondary N) is 2. The van der Waals surface area contributed by atoms with E-state index >= 15 is 0 Å². The molecule has 0 bridgehead atoms. The molecule has 0 aliphatic rings. The fourth-order valence-electron chi connectivity index (χ4n) is 2.07. The van der Waals surface area contributed by atoms with E-state index in [2.05, 4.69) is 29.4 Å². The minimum atomic E-state index is -0.00759. The molecular formula is C14H19N3O. The summed E-state index contributed by atoms with van der Waals surface area (Å²) in [5.74, 6) is -0.00759. The van der Waals surface area contributed by atoms with Crippen molar-refractivity contribution in [2.75, 3.05) is 0 Å². The fraction of sp³-hybridized carbons (Fsp3) is 0.429. The second-order valence-corrected chi connectivity index (χ2v) is 4.54. The van der Waals surface area contributed by atoms with E-state index in [4.69, 9.17) is 0 Å². The molecular weight excluding hydrogens is 226 g/mol. The van der Waals surface area contributed by atoms with Gasteiger partial charge in [0, 0.05) is 17.0 Å². The zero-order chi connectivity index (χ0) is 13.0. The van der Waals surface area contributed by atoms with Crippen LogP contribution in [0.25, 0.3) is 10.9 Å². The summed E-state index contributed by atoms with van der Waals surface area (Å²) in [7, 11) is 0. The van der Waals surface area contributed by atoms with Gasteiger partial charge in [0.25, 0.3) is 5.91 Å². The maximum atomic E-state index is 12.1. The molecule has 2 aromatic rings. The number of amides is 1. The van der Waals surface area contributed by atoms with Gasteiger partial charge in [-0.1, -0.05) is 26.3 Å². The van der Waals surface area contributed by atoms with Crippen molar-refractivity contribution in [1.82, 2.24) is 15.5 Å². The van der Waals surface area contributed by atoms with E-state index in [1.54, 1.807) is 6.20 Å². The predicted molar refractivity (Wildman–Crippen MR) is 72.5 cm³/mol. The lowest BCUT2D eigenvalue weighted by molar-refractivity contribution is 0.0934. The third-order valence-electron chi connectivity index (χ3n) is 3.17. The quantitative estimate of drug-likeness (QED) is 0.851. The molecule has 0 saturated carbocycles. The molecule has 0 aliphatic carbocycles. The van der Waals surface area contributed by atoms with Gasteiger partial charge in [-0.2, -0.15) is 5.10 Å². The summed E-state index contributed by atoms with van der Waals surface area (Å²) in [4.78, 5) is 12.1. The number of carbonyl (C=O) groups excluding carboxylic acids is 1. The van der Waals surface area contributed by atoms with Crippen molar-refractivity contribution >= 4 is 16.8 Å². The Morgan fingerprint density at radius 3 is 3.00 bits per heavy atom. The van der Waals surface area contributed by atoms with Gasteiger partial charge >= 0.3 is 0 Å². The van der Waals surface area contributed by atoms with Crippen LogP contribution >= 0.6 is 0 Å². The monoisotopic (exact) mass is 245 g/mol. The minimum Gasteiger partial charge on any atom is -0.349 e. The van der Waals surface area contributed by atoms with Crippen LogP contribution in [-0.2, 0) is 0 Å². The molecule has 4 heteroatoms. The number of aromatic nitrogens is 2. The van der Waals surface area contributed by atoms with E-state index in [0.29, 0.717) is 5.56 Å². The second kappa shape index (κ2) is 5.67. The minimum absolute atomic E-state index is 0.00759. The Kier molecular flexibility index (Phi) is 3.97. The van der Waals surface area contributed by atoms with Crippen molar-refractivity contribution in [1.29, 1.82) is 0 Å². The van der Waals surface area contributed by atoms with Crippen molar-refractivity contribution < 1.29 is 4.79 Å². The van der Waals surface area contributed by atoms with Gasteiger partial charge in [-0.25, -0.2) is 0 Å². The smallest absolute Gasteiger partial charge is 0.251 e. The maximum Gasteiger partial charge on any atom is 0.251 e. The Labute approximate surface area is 107 Å².